The fourth-order valence-corrected chi connectivity index (χ4v) is 4.64. The van der Waals surface area contributed by atoms with Crippen LogP contribution in [-0.4, -0.2) is 74.1 Å². The van der Waals surface area contributed by atoms with Crippen molar-refractivity contribution in [3.63, 3.8) is 0 Å². The van der Waals surface area contributed by atoms with Crippen LogP contribution in [0.4, 0.5) is 5.13 Å². The van der Waals surface area contributed by atoms with Crippen molar-refractivity contribution in [2.45, 2.75) is 0 Å². The SMILES string of the molecule is COc1cccc2sc(N(C)CC(=O)N3CCN(CC=Cc4ccccc4)CC3)nc12. The van der Waals surface area contributed by atoms with Gasteiger partial charge in [-0.05, 0) is 17.7 Å². The quantitative estimate of drug-likeness (QED) is 0.566. The van der Waals surface area contributed by atoms with Gasteiger partial charge in [0.05, 0.1) is 18.4 Å². The average molecular weight is 437 g/mol. The first kappa shape index (κ1) is 21.3. The van der Waals surface area contributed by atoms with E-state index in [4.69, 9.17) is 4.74 Å². The van der Waals surface area contributed by atoms with Gasteiger partial charge in [-0.1, -0.05) is 59.9 Å². The van der Waals surface area contributed by atoms with Gasteiger partial charge in [-0.15, -0.1) is 0 Å². The first-order valence-corrected chi connectivity index (χ1v) is 11.3. The third kappa shape index (κ3) is 5.24. The maximum Gasteiger partial charge on any atom is 0.242 e. The minimum absolute atomic E-state index is 0.146. The van der Waals surface area contributed by atoms with Crippen LogP contribution < -0.4 is 9.64 Å². The number of hydrogen-bond acceptors (Lipinski definition) is 6. The molecule has 7 heteroatoms. The van der Waals surface area contributed by atoms with Gasteiger partial charge in [0.15, 0.2) is 5.13 Å². The zero-order chi connectivity index (χ0) is 21.6. The lowest BCUT2D eigenvalue weighted by Gasteiger charge is -2.35. The van der Waals surface area contributed by atoms with Crippen molar-refractivity contribution >= 4 is 38.7 Å². The summed E-state index contributed by atoms with van der Waals surface area (Å²) in [5.74, 6) is 0.908. The molecule has 0 bridgehead atoms. The van der Waals surface area contributed by atoms with Crippen LogP contribution in [0.25, 0.3) is 16.3 Å². The molecule has 0 radical (unpaired) electrons. The summed E-state index contributed by atoms with van der Waals surface area (Å²) in [6.07, 6.45) is 4.35. The average Bonchev–Trinajstić information content (AvgIpc) is 3.25. The van der Waals surface area contributed by atoms with Gasteiger partial charge in [0, 0.05) is 39.8 Å². The second-order valence-electron chi connectivity index (χ2n) is 7.65. The van der Waals surface area contributed by atoms with E-state index in [2.05, 4.69) is 34.2 Å². The van der Waals surface area contributed by atoms with Crippen molar-refractivity contribution in [3.05, 3.63) is 60.2 Å². The lowest BCUT2D eigenvalue weighted by Crippen LogP contribution is -2.50. The summed E-state index contributed by atoms with van der Waals surface area (Å²) >= 11 is 1.58. The Labute approximate surface area is 187 Å². The van der Waals surface area contributed by atoms with E-state index >= 15 is 0 Å². The lowest BCUT2D eigenvalue weighted by molar-refractivity contribution is -0.131. The topological polar surface area (TPSA) is 48.9 Å². The van der Waals surface area contributed by atoms with Gasteiger partial charge < -0.3 is 14.5 Å². The summed E-state index contributed by atoms with van der Waals surface area (Å²) in [4.78, 5) is 23.8. The molecule has 0 aliphatic carbocycles. The molecule has 0 N–H and O–H groups in total. The molecule has 2 aromatic carbocycles. The van der Waals surface area contributed by atoms with Crippen molar-refractivity contribution in [3.8, 4) is 5.75 Å². The minimum Gasteiger partial charge on any atom is -0.494 e. The van der Waals surface area contributed by atoms with Crippen molar-refractivity contribution in [2.24, 2.45) is 0 Å². The largest absolute Gasteiger partial charge is 0.494 e. The van der Waals surface area contributed by atoms with Crippen molar-refractivity contribution < 1.29 is 9.53 Å². The second-order valence-corrected chi connectivity index (χ2v) is 8.66. The van der Waals surface area contributed by atoms with Crippen molar-refractivity contribution in [1.29, 1.82) is 0 Å². The van der Waals surface area contributed by atoms with Crippen LogP contribution in [0.1, 0.15) is 5.56 Å². The summed E-state index contributed by atoms with van der Waals surface area (Å²) in [7, 11) is 3.57. The van der Waals surface area contributed by atoms with Gasteiger partial charge in [0.1, 0.15) is 11.3 Å². The molecule has 2 heterocycles. The Kier molecular flexibility index (Phi) is 6.84. The molecule has 31 heavy (non-hydrogen) atoms. The van der Waals surface area contributed by atoms with E-state index in [1.807, 2.05) is 53.2 Å². The van der Waals surface area contributed by atoms with Crippen molar-refractivity contribution in [2.75, 3.05) is 58.3 Å². The Morgan fingerprint density at radius 3 is 2.65 bits per heavy atom. The molecule has 1 aliphatic heterocycles. The predicted molar refractivity (Wildman–Crippen MR) is 128 cm³/mol. The molecule has 0 spiro atoms. The molecule has 6 nitrogen and oxygen atoms in total. The number of piperazine rings is 1. The molecule has 0 atom stereocenters. The number of thiazole rings is 1. The number of carbonyl (C=O) groups is 1. The molecular weight excluding hydrogens is 408 g/mol. The van der Waals surface area contributed by atoms with Crippen LogP contribution in [0.2, 0.25) is 0 Å². The number of para-hydroxylation sites is 1. The minimum atomic E-state index is 0.146. The van der Waals surface area contributed by atoms with E-state index in [1.165, 1.54) is 5.56 Å². The molecule has 0 saturated carbocycles. The van der Waals surface area contributed by atoms with Gasteiger partial charge in [0.2, 0.25) is 5.91 Å². The number of anilines is 1. The van der Waals surface area contributed by atoms with Gasteiger partial charge in [0.25, 0.3) is 0 Å². The normalized spacial score (nSPS) is 15.0. The molecule has 1 aliphatic rings. The van der Waals surface area contributed by atoms with Crippen molar-refractivity contribution in [1.82, 2.24) is 14.8 Å². The maximum absolute atomic E-state index is 12.8. The number of likely N-dealkylation sites (N-methyl/N-ethyl adjacent to an activating group) is 1. The van der Waals surface area contributed by atoms with Crippen LogP contribution in [0, 0.1) is 0 Å². The molecule has 1 fully saturated rings. The number of fused-ring (bicyclic) bond motifs is 1. The standard InChI is InChI=1S/C24H28N4O2S/c1-26(24-25-23-20(30-2)11-6-12-21(23)31-24)18-22(29)28-16-14-27(15-17-28)13-7-10-19-8-4-3-5-9-19/h3-12H,13-18H2,1-2H3. The Bertz CT molecular complexity index is 1040. The van der Waals surface area contributed by atoms with Gasteiger partial charge in [-0.3, -0.25) is 9.69 Å². The number of aromatic nitrogens is 1. The number of methoxy groups -OCH3 is 1. The molecule has 1 saturated heterocycles. The number of benzene rings is 2. The second kappa shape index (κ2) is 9.94. The predicted octanol–water partition coefficient (Wildman–Crippen LogP) is 3.60. The summed E-state index contributed by atoms with van der Waals surface area (Å²) in [5, 5.41) is 0.831. The van der Waals surface area contributed by atoms with Crippen LogP contribution in [0.3, 0.4) is 0 Å². The smallest absolute Gasteiger partial charge is 0.242 e. The van der Waals surface area contributed by atoms with E-state index < -0.39 is 0 Å². The summed E-state index contributed by atoms with van der Waals surface area (Å²) in [5.41, 5.74) is 2.06. The number of amides is 1. The van der Waals surface area contributed by atoms with Gasteiger partial charge >= 0.3 is 0 Å². The fourth-order valence-electron chi connectivity index (χ4n) is 3.69. The zero-order valence-electron chi connectivity index (χ0n) is 18.0. The van der Waals surface area contributed by atoms with Crippen LogP contribution in [-0.2, 0) is 4.79 Å². The molecule has 0 unspecified atom stereocenters. The number of carbonyl (C=O) groups excluding carboxylic acids is 1. The highest BCUT2D eigenvalue weighted by Crippen LogP contribution is 2.33. The monoisotopic (exact) mass is 436 g/mol. The molecule has 162 valence electrons. The highest BCUT2D eigenvalue weighted by atomic mass is 32.1. The molecule has 1 amide bonds. The summed E-state index contributed by atoms with van der Waals surface area (Å²) in [6.45, 7) is 4.55. The number of ether oxygens (including phenoxy) is 1. The Morgan fingerprint density at radius 2 is 1.90 bits per heavy atom. The van der Waals surface area contributed by atoms with E-state index in [0.717, 1.165) is 53.8 Å². The van der Waals surface area contributed by atoms with Crippen LogP contribution in [0.5, 0.6) is 5.75 Å². The molecular formula is C24H28N4O2S. The number of hydrogen-bond donors (Lipinski definition) is 0. The van der Waals surface area contributed by atoms with Crippen LogP contribution >= 0.6 is 11.3 Å². The van der Waals surface area contributed by atoms with E-state index in [9.17, 15) is 4.79 Å². The molecule has 3 aromatic rings. The van der Waals surface area contributed by atoms with E-state index in [0.29, 0.717) is 6.54 Å². The van der Waals surface area contributed by atoms with E-state index in [1.54, 1.807) is 18.4 Å². The highest BCUT2D eigenvalue weighted by Gasteiger charge is 2.22. The first-order chi connectivity index (χ1) is 15.1. The molecule has 4 rings (SSSR count). The Hall–Kier alpha value is -2.90. The Morgan fingerprint density at radius 1 is 1.13 bits per heavy atom. The maximum atomic E-state index is 12.8. The highest BCUT2D eigenvalue weighted by molar-refractivity contribution is 7.22. The van der Waals surface area contributed by atoms with Crippen LogP contribution in [0.15, 0.2) is 54.6 Å². The Balaban J connectivity index is 1.27. The lowest BCUT2D eigenvalue weighted by atomic mass is 10.2. The van der Waals surface area contributed by atoms with Gasteiger partial charge in [-0.25, -0.2) is 4.98 Å². The van der Waals surface area contributed by atoms with Gasteiger partial charge in [-0.2, -0.15) is 0 Å². The number of rotatable bonds is 7. The number of nitrogens with zero attached hydrogens (tertiary/aromatic N) is 4. The summed E-state index contributed by atoms with van der Waals surface area (Å²) in [6, 6.07) is 16.2. The third-order valence-electron chi connectivity index (χ3n) is 5.49. The summed E-state index contributed by atoms with van der Waals surface area (Å²) < 4.78 is 6.46. The zero-order valence-corrected chi connectivity index (χ0v) is 18.8. The molecule has 1 aromatic heterocycles. The third-order valence-corrected chi connectivity index (χ3v) is 6.62. The first-order valence-electron chi connectivity index (χ1n) is 10.5. The van der Waals surface area contributed by atoms with E-state index in [-0.39, 0.29) is 5.91 Å². The fraction of sp³-hybridized carbons (Fsp3) is 0.333.